The molecule has 0 spiro atoms. The molecule has 1 aliphatic heterocycles. The monoisotopic (exact) mass is 419 g/mol. The fourth-order valence-corrected chi connectivity index (χ4v) is 2.76. The van der Waals surface area contributed by atoms with Crippen molar-refractivity contribution in [1.82, 2.24) is 4.90 Å². The summed E-state index contributed by atoms with van der Waals surface area (Å²) in [7, 11) is 0. The lowest BCUT2D eigenvalue weighted by Crippen LogP contribution is -2.45. The summed E-state index contributed by atoms with van der Waals surface area (Å²) in [6, 6.07) is 2.10. The summed E-state index contributed by atoms with van der Waals surface area (Å²) < 4.78 is 65.7. The third-order valence-electron chi connectivity index (χ3n) is 3.43. The predicted molar refractivity (Wildman–Crippen MR) is 73.8 cm³/mol. The van der Waals surface area contributed by atoms with Gasteiger partial charge in [-0.05, 0) is 47.6 Å². The van der Waals surface area contributed by atoms with Gasteiger partial charge in [-0.2, -0.15) is 13.2 Å². The molecule has 1 amide bonds. The molecule has 1 unspecified atom stereocenters. The Morgan fingerprint density at radius 3 is 2.57 bits per heavy atom. The zero-order valence-electron chi connectivity index (χ0n) is 10.7. The van der Waals surface area contributed by atoms with Crippen molar-refractivity contribution in [2.75, 3.05) is 13.1 Å². The molecule has 1 atom stereocenters. The molecule has 0 N–H and O–H groups in total. The molecular weight excluding hydrogens is 408 g/mol. The van der Waals surface area contributed by atoms with Crippen molar-refractivity contribution in [3.63, 3.8) is 0 Å². The number of alkyl halides is 3. The van der Waals surface area contributed by atoms with E-state index in [9.17, 15) is 26.7 Å². The highest BCUT2D eigenvalue weighted by molar-refractivity contribution is 14.1. The fraction of sp³-hybridized carbons (Fsp3) is 0.462. The van der Waals surface area contributed by atoms with Crippen molar-refractivity contribution < 1.29 is 26.7 Å². The Balaban J connectivity index is 2.27. The van der Waals surface area contributed by atoms with Gasteiger partial charge < -0.3 is 4.90 Å². The number of piperidine rings is 1. The number of likely N-dealkylation sites (tertiary alicyclic amines) is 1. The highest BCUT2D eigenvalue weighted by Crippen LogP contribution is 2.34. The van der Waals surface area contributed by atoms with Crippen molar-refractivity contribution in [3.05, 3.63) is 32.9 Å². The molecule has 116 valence electrons. The summed E-state index contributed by atoms with van der Waals surface area (Å²) in [5, 5.41) is 0. The molecule has 1 aromatic rings. The van der Waals surface area contributed by atoms with Crippen LogP contribution in [-0.4, -0.2) is 30.1 Å². The lowest BCUT2D eigenvalue weighted by atomic mass is 9.97. The van der Waals surface area contributed by atoms with Gasteiger partial charge in [-0.1, -0.05) is 0 Å². The van der Waals surface area contributed by atoms with Crippen molar-refractivity contribution in [1.29, 1.82) is 0 Å². The number of hydrogen-bond acceptors (Lipinski definition) is 1. The second-order valence-electron chi connectivity index (χ2n) is 4.85. The van der Waals surface area contributed by atoms with E-state index in [0.29, 0.717) is 0 Å². The minimum atomic E-state index is -4.42. The van der Waals surface area contributed by atoms with E-state index in [2.05, 4.69) is 0 Å². The van der Waals surface area contributed by atoms with E-state index in [1.165, 1.54) is 0 Å². The smallest absolute Gasteiger partial charge is 0.338 e. The third kappa shape index (κ3) is 3.46. The van der Waals surface area contributed by atoms with Crippen LogP contribution in [0.3, 0.4) is 0 Å². The molecule has 1 aromatic carbocycles. The molecule has 2 rings (SSSR count). The van der Waals surface area contributed by atoms with Crippen LogP contribution in [0.25, 0.3) is 0 Å². The summed E-state index contributed by atoms with van der Waals surface area (Å²) >= 11 is 1.60. The first-order valence-corrected chi connectivity index (χ1v) is 7.29. The van der Waals surface area contributed by atoms with Crippen LogP contribution in [0, 0.1) is 21.1 Å². The van der Waals surface area contributed by atoms with Crippen LogP contribution >= 0.6 is 22.6 Å². The fourth-order valence-electron chi connectivity index (χ4n) is 2.31. The van der Waals surface area contributed by atoms with Gasteiger partial charge in [0.05, 0.1) is 5.92 Å². The molecule has 0 bridgehead atoms. The van der Waals surface area contributed by atoms with Crippen molar-refractivity contribution >= 4 is 28.5 Å². The van der Waals surface area contributed by atoms with Gasteiger partial charge in [-0.3, -0.25) is 4.79 Å². The van der Waals surface area contributed by atoms with Crippen molar-refractivity contribution in [2.24, 2.45) is 5.92 Å². The van der Waals surface area contributed by atoms with Crippen LogP contribution < -0.4 is 0 Å². The summed E-state index contributed by atoms with van der Waals surface area (Å²) in [6.07, 6.45) is -4.34. The molecule has 1 heterocycles. The minimum Gasteiger partial charge on any atom is -0.338 e. The number of rotatable bonds is 1. The highest BCUT2D eigenvalue weighted by atomic mass is 127. The molecule has 0 aliphatic carbocycles. The van der Waals surface area contributed by atoms with E-state index in [4.69, 9.17) is 0 Å². The van der Waals surface area contributed by atoms with E-state index >= 15 is 0 Å². The Morgan fingerprint density at radius 1 is 1.29 bits per heavy atom. The molecule has 8 heteroatoms. The van der Waals surface area contributed by atoms with Crippen molar-refractivity contribution in [3.8, 4) is 0 Å². The van der Waals surface area contributed by atoms with Crippen LogP contribution in [0.1, 0.15) is 23.2 Å². The van der Waals surface area contributed by atoms with Gasteiger partial charge in [0.15, 0.2) is 5.82 Å². The first kappa shape index (κ1) is 16.4. The zero-order valence-corrected chi connectivity index (χ0v) is 12.8. The number of benzene rings is 1. The van der Waals surface area contributed by atoms with Crippen LogP contribution in [0.4, 0.5) is 22.0 Å². The zero-order chi connectivity index (χ0) is 15.8. The Kier molecular flexibility index (Phi) is 4.74. The number of carbonyl (C=O) groups is 1. The number of amides is 1. The van der Waals surface area contributed by atoms with Gasteiger partial charge in [0.1, 0.15) is 11.4 Å². The van der Waals surface area contributed by atoms with Gasteiger partial charge in [-0.15, -0.1) is 0 Å². The van der Waals surface area contributed by atoms with Gasteiger partial charge in [0.2, 0.25) is 0 Å². The van der Waals surface area contributed by atoms with Gasteiger partial charge in [-0.25, -0.2) is 8.78 Å². The first-order valence-electron chi connectivity index (χ1n) is 6.21. The highest BCUT2D eigenvalue weighted by Gasteiger charge is 2.43. The average molecular weight is 419 g/mol. The van der Waals surface area contributed by atoms with Crippen molar-refractivity contribution in [2.45, 2.75) is 19.0 Å². The largest absolute Gasteiger partial charge is 0.393 e. The van der Waals surface area contributed by atoms with E-state index in [1.54, 1.807) is 22.6 Å². The minimum absolute atomic E-state index is 0.0433. The Labute approximate surface area is 131 Å². The summed E-state index contributed by atoms with van der Waals surface area (Å²) in [6.45, 7) is -0.498. The van der Waals surface area contributed by atoms with E-state index in [0.717, 1.165) is 17.0 Å². The topological polar surface area (TPSA) is 20.3 Å². The second kappa shape index (κ2) is 6.05. The standard InChI is InChI=1S/C13H11F5INO/c14-8-3-4-9(19)11(15)10(8)12(21)20-5-1-2-7(6-20)13(16,17)18/h3-4,7H,1-2,5-6H2. The molecule has 0 saturated carbocycles. The normalized spacial score (nSPS) is 19.7. The van der Waals surface area contributed by atoms with Gasteiger partial charge in [0.25, 0.3) is 5.91 Å². The molecule has 2 nitrogen and oxygen atoms in total. The van der Waals surface area contributed by atoms with Crippen LogP contribution in [0.15, 0.2) is 12.1 Å². The number of hydrogen-bond donors (Lipinski definition) is 0. The lowest BCUT2D eigenvalue weighted by molar-refractivity contribution is -0.184. The molecule has 1 saturated heterocycles. The quantitative estimate of drug-likeness (QED) is 0.383. The van der Waals surface area contributed by atoms with Crippen LogP contribution in [-0.2, 0) is 0 Å². The maximum atomic E-state index is 13.9. The number of carbonyl (C=O) groups excluding carboxylic acids is 1. The Morgan fingerprint density at radius 2 is 1.95 bits per heavy atom. The third-order valence-corrected chi connectivity index (χ3v) is 4.26. The lowest BCUT2D eigenvalue weighted by Gasteiger charge is -2.33. The van der Waals surface area contributed by atoms with Gasteiger partial charge >= 0.3 is 6.18 Å². The molecule has 0 aromatic heterocycles. The summed E-state index contributed by atoms with van der Waals surface area (Å²) in [5.74, 6) is -4.77. The average Bonchev–Trinajstić information content (AvgIpc) is 2.42. The Hall–Kier alpha value is -0.930. The molecule has 21 heavy (non-hydrogen) atoms. The maximum Gasteiger partial charge on any atom is 0.393 e. The number of nitrogens with zero attached hydrogens (tertiary/aromatic N) is 1. The second-order valence-corrected chi connectivity index (χ2v) is 6.01. The molecular formula is C13H11F5INO. The molecule has 0 radical (unpaired) electrons. The predicted octanol–water partition coefficient (Wildman–Crippen LogP) is 3.98. The molecule has 1 aliphatic rings. The van der Waals surface area contributed by atoms with Crippen LogP contribution in [0.2, 0.25) is 0 Å². The summed E-state index contributed by atoms with van der Waals surface area (Å²) in [4.78, 5) is 13.0. The van der Waals surface area contributed by atoms with Gasteiger partial charge in [0, 0.05) is 16.7 Å². The maximum absolute atomic E-state index is 13.9. The SMILES string of the molecule is O=C(c1c(F)ccc(I)c1F)N1CCCC(C(F)(F)F)C1. The van der Waals surface area contributed by atoms with E-state index in [-0.39, 0.29) is 23.0 Å². The first-order chi connectivity index (χ1) is 9.71. The molecule has 1 fully saturated rings. The van der Waals surface area contributed by atoms with Crippen LogP contribution in [0.5, 0.6) is 0 Å². The number of halogens is 6. The Bertz CT molecular complexity index is 560. The van der Waals surface area contributed by atoms with E-state index < -0.39 is 41.7 Å². The van der Waals surface area contributed by atoms with E-state index in [1.807, 2.05) is 0 Å². The summed E-state index contributed by atoms with van der Waals surface area (Å²) in [5.41, 5.74) is -0.787.